The Morgan fingerprint density at radius 2 is 1.88 bits per heavy atom. The maximum atomic E-state index is 12.2. The van der Waals surface area contributed by atoms with Gasteiger partial charge in [-0.15, -0.1) is 0 Å². The van der Waals surface area contributed by atoms with Crippen LogP contribution in [0, 0.1) is 0 Å². The molecule has 24 heavy (non-hydrogen) atoms. The quantitative estimate of drug-likeness (QED) is 0.723. The first-order chi connectivity index (χ1) is 11.6. The lowest BCUT2D eigenvalue weighted by molar-refractivity contribution is -0.141. The first-order valence-electron chi connectivity index (χ1n) is 7.60. The minimum Gasteiger partial charge on any atom is -0.480 e. The Hall–Kier alpha value is -3.15. The molecule has 2 aromatic heterocycles. The van der Waals surface area contributed by atoms with E-state index >= 15 is 0 Å². The molecule has 6 nitrogen and oxygen atoms in total. The lowest BCUT2D eigenvalue weighted by Crippen LogP contribution is -2.43. The number of benzene rings is 1. The van der Waals surface area contributed by atoms with Gasteiger partial charge in [-0.2, -0.15) is 0 Å². The summed E-state index contributed by atoms with van der Waals surface area (Å²) in [5.74, 6) is -1.41. The summed E-state index contributed by atoms with van der Waals surface area (Å²) in [6, 6.07) is 13.8. The van der Waals surface area contributed by atoms with E-state index in [-0.39, 0.29) is 18.7 Å². The number of carbonyl (C=O) groups excluding carboxylic acids is 1. The first kappa shape index (κ1) is 15.7. The number of hydrogen-bond acceptors (Lipinski definition) is 3. The van der Waals surface area contributed by atoms with E-state index in [1.54, 1.807) is 6.20 Å². The van der Waals surface area contributed by atoms with Crippen LogP contribution in [0.15, 0.2) is 60.9 Å². The molecule has 3 rings (SSSR count). The van der Waals surface area contributed by atoms with Gasteiger partial charge in [0, 0.05) is 18.8 Å². The van der Waals surface area contributed by atoms with Gasteiger partial charge >= 0.3 is 5.97 Å². The Labute approximate surface area is 138 Å². The van der Waals surface area contributed by atoms with Crippen molar-refractivity contribution in [1.29, 1.82) is 0 Å². The van der Waals surface area contributed by atoms with Crippen LogP contribution in [0.4, 0.5) is 0 Å². The van der Waals surface area contributed by atoms with Crippen LogP contribution >= 0.6 is 0 Å². The van der Waals surface area contributed by atoms with Crippen molar-refractivity contribution in [3.8, 4) is 0 Å². The van der Waals surface area contributed by atoms with E-state index in [0.29, 0.717) is 5.69 Å². The highest BCUT2D eigenvalue weighted by atomic mass is 16.4. The molecular weight excluding hydrogens is 306 g/mol. The first-order valence-corrected chi connectivity index (χ1v) is 7.60. The molecule has 2 heterocycles. The molecule has 0 fully saturated rings. The standard InChI is InChI=1S/C18H17N3O3/c22-17(11-14-12-21-9-5-4-8-16(21)19-14)20-15(18(23)24)10-13-6-2-1-3-7-13/h1-9,12,15H,10-11H2,(H,20,22)(H,23,24)/t15-/m1/s1. The number of nitrogens with one attached hydrogen (secondary N) is 1. The Balaban J connectivity index is 1.66. The number of carboxylic acids is 1. The van der Waals surface area contributed by atoms with Gasteiger partial charge in [-0.25, -0.2) is 9.78 Å². The zero-order valence-corrected chi connectivity index (χ0v) is 12.9. The highest BCUT2D eigenvalue weighted by Crippen LogP contribution is 2.07. The molecule has 0 unspecified atom stereocenters. The maximum Gasteiger partial charge on any atom is 0.326 e. The number of aliphatic carboxylic acids is 1. The predicted octanol–water partition coefficient (Wildman–Crippen LogP) is 1.69. The van der Waals surface area contributed by atoms with Crippen molar-refractivity contribution >= 4 is 17.5 Å². The summed E-state index contributed by atoms with van der Waals surface area (Å²) in [7, 11) is 0. The minimum absolute atomic E-state index is 0.0419. The van der Waals surface area contributed by atoms with Crippen LogP contribution in [0.2, 0.25) is 0 Å². The number of nitrogens with zero attached hydrogens (tertiary/aromatic N) is 2. The summed E-state index contributed by atoms with van der Waals surface area (Å²) in [6.07, 6.45) is 3.90. The Bertz CT molecular complexity index is 825. The smallest absolute Gasteiger partial charge is 0.326 e. The molecule has 1 atom stereocenters. The molecule has 3 aromatic rings. The van der Waals surface area contributed by atoms with Gasteiger partial charge in [0.1, 0.15) is 11.7 Å². The summed E-state index contributed by atoms with van der Waals surface area (Å²) in [5, 5.41) is 11.9. The van der Waals surface area contributed by atoms with Gasteiger partial charge in [0.2, 0.25) is 5.91 Å². The molecule has 2 N–H and O–H groups in total. The van der Waals surface area contributed by atoms with E-state index in [0.717, 1.165) is 11.2 Å². The van der Waals surface area contributed by atoms with Crippen molar-refractivity contribution in [3.05, 3.63) is 72.2 Å². The zero-order valence-electron chi connectivity index (χ0n) is 12.9. The molecule has 0 saturated heterocycles. The Kier molecular flexibility index (Phi) is 4.56. The number of rotatable bonds is 6. The van der Waals surface area contributed by atoms with Crippen LogP contribution in [0.1, 0.15) is 11.3 Å². The van der Waals surface area contributed by atoms with Crippen LogP contribution in [-0.4, -0.2) is 32.4 Å². The summed E-state index contributed by atoms with van der Waals surface area (Å²) in [4.78, 5) is 27.9. The van der Waals surface area contributed by atoms with Gasteiger partial charge in [-0.05, 0) is 17.7 Å². The number of carbonyl (C=O) groups is 2. The third kappa shape index (κ3) is 3.78. The topological polar surface area (TPSA) is 83.7 Å². The maximum absolute atomic E-state index is 12.2. The summed E-state index contributed by atoms with van der Waals surface area (Å²) >= 11 is 0. The van der Waals surface area contributed by atoms with E-state index in [9.17, 15) is 14.7 Å². The van der Waals surface area contributed by atoms with Crippen molar-refractivity contribution < 1.29 is 14.7 Å². The molecule has 0 aliphatic rings. The van der Waals surface area contributed by atoms with Gasteiger partial charge < -0.3 is 14.8 Å². The highest BCUT2D eigenvalue weighted by Gasteiger charge is 2.20. The van der Waals surface area contributed by atoms with Crippen molar-refractivity contribution in [2.45, 2.75) is 18.9 Å². The number of carboxylic acid groups (broad SMARTS) is 1. The van der Waals surface area contributed by atoms with Crippen molar-refractivity contribution in [2.75, 3.05) is 0 Å². The normalized spacial score (nSPS) is 12.0. The van der Waals surface area contributed by atoms with E-state index in [2.05, 4.69) is 10.3 Å². The molecule has 1 amide bonds. The molecule has 0 spiro atoms. The number of pyridine rings is 1. The van der Waals surface area contributed by atoms with Crippen LogP contribution in [-0.2, 0) is 22.4 Å². The van der Waals surface area contributed by atoms with E-state index in [4.69, 9.17) is 0 Å². The molecule has 0 bridgehead atoms. The van der Waals surface area contributed by atoms with E-state index in [1.807, 2.05) is 59.1 Å². The van der Waals surface area contributed by atoms with Crippen LogP contribution in [0.5, 0.6) is 0 Å². The molecule has 0 radical (unpaired) electrons. The SMILES string of the molecule is O=C(Cc1cn2ccccc2n1)N[C@H](Cc1ccccc1)C(=O)O. The second-order valence-corrected chi connectivity index (χ2v) is 5.52. The lowest BCUT2D eigenvalue weighted by atomic mass is 10.1. The molecular formula is C18H17N3O3. The van der Waals surface area contributed by atoms with Crippen LogP contribution < -0.4 is 5.32 Å². The number of fused-ring (bicyclic) bond motifs is 1. The van der Waals surface area contributed by atoms with Gasteiger partial charge in [-0.1, -0.05) is 36.4 Å². The van der Waals surface area contributed by atoms with Crippen LogP contribution in [0.25, 0.3) is 5.65 Å². The minimum atomic E-state index is -1.05. The van der Waals surface area contributed by atoms with Gasteiger partial charge in [0.15, 0.2) is 0 Å². The second-order valence-electron chi connectivity index (χ2n) is 5.52. The predicted molar refractivity (Wildman–Crippen MR) is 88.6 cm³/mol. The molecule has 0 aliphatic heterocycles. The average molecular weight is 323 g/mol. The third-order valence-electron chi connectivity index (χ3n) is 3.67. The molecule has 0 saturated carbocycles. The second kappa shape index (κ2) is 6.95. The van der Waals surface area contributed by atoms with Crippen molar-refractivity contribution in [1.82, 2.24) is 14.7 Å². The summed E-state index contributed by atoms with van der Waals surface area (Å²) in [6.45, 7) is 0. The number of amides is 1. The molecule has 6 heteroatoms. The van der Waals surface area contributed by atoms with Crippen molar-refractivity contribution in [2.24, 2.45) is 0 Å². The third-order valence-corrected chi connectivity index (χ3v) is 3.67. The number of hydrogen-bond donors (Lipinski definition) is 2. The van der Waals surface area contributed by atoms with Gasteiger partial charge in [0.25, 0.3) is 0 Å². The number of aromatic nitrogens is 2. The Morgan fingerprint density at radius 1 is 1.12 bits per heavy atom. The van der Waals surface area contributed by atoms with Gasteiger partial charge in [-0.3, -0.25) is 4.79 Å². The monoisotopic (exact) mass is 323 g/mol. The molecule has 0 aliphatic carbocycles. The van der Waals surface area contributed by atoms with Crippen molar-refractivity contribution in [3.63, 3.8) is 0 Å². The lowest BCUT2D eigenvalue weighted by Gasteiger charge is -2.14. The highest BCUT2D eigenvalue weighted by molar-refractivity contribution is 5.84. The molecule has 1 aromatic carbocycles. The fraction of sp³-hybridized carbons (Fsp3) is 0.167. The zero-order chi connectivity index (χ0) is 16.9. The average Bonchev–Trinajstić information content (AvgIpc) is 2.97. The number of imidazole rings is 1. The van der Waals surface area contributed by atoms with Gasteiger partial charge in [0.05, 0.1) is 12.1 Å². The summed E-state index contributed by atoms with van der Waals surface area (Å²) < 4.78 is 1.82. The van der Waals surface area contributed by atoms with E-state index < -0.39 is 12.0 Å². The largest absolute Gasteiger partial charge is 0.480 e. The van der Waals surface area contributed by atoms with Crippen LogP contribution in [0.3, 0.4) is 0 Å². The fourth-order valence-corrected chi connectivity index (χ4v) is 2.53. The summed E-state index contributed by atoms with van der Waals surface area (Å²) in [5.41, 5.74) is 2.21. The van der Waals surface area contributed by atoms with E-state index in [1.165, 1.54) is 0 Å². The Morgan fingerprint density at radius 3 is 2.58 bits per heavy atom. The molecule has 122 valence electrons. The fourth-order valence-electron chi connectivity index (χ4n) is 2.53.